The molecule has 2 saturated carbocycles. The molecule has 5 rings (SSSR count). The number of piperidine rings is 1. The molecule has 0 aromatic carbocycles. The van der Waals surface area contributed by atoms with Crippen LogP contribution in [0.3, 0.4) is 0 Å². The maximum Gasteiger partial charge on any atom is 0.246 e. The average Bonchev–Trinajstić information content (AvgIpc) is 3.10. The molecule has 3 fully saturated rings. The highest BCUT2D eigenvalue weighted by Gasteiger charge is 2.67. The van der Waals surface area contributed by atoms with Crippen molar-refractivity contribution in [2.24, 2.45) is 5.41 Å². The van der Waals surface area contributed by atoms with E-state index in [2.05, 4.69) is 33.8 Å². The summed E-state index contributed by atoms with van der Waals surface area (Å²) >= 11 is 0. The van der Waals surface area contributed by atoms with Gasteiger partial charge in [0.05, 0.1) is 5.39 Å². The molecule has 1 spiro atoms. The maximum atomic E-state index is 14.6. The summed E-state index contributed by atoms with van der Waals surface area (Å²) < 4.78 is 14.6. The van der Waals surface area contributed by atoms with E-state index in [0.717, 1.165) is 49.0 Å². The van der Waals surface area contributed by atoms with Gasteiger partial charge in [-0.1, -0.05) is 6.58 Å². The highest BCUT2D eigenvalue weighted by Crippen LogP contribution is 2.70. The molecule has 3 heterocycles. The second-order valence-corrected chi connectivity index (χ2v) is 9.75. The van der Waals surface area contributed by atoms with E-state index in [1.807, 2.05) is 11.1 Å². The number of H-pyrrole nitrogens is 1. The van der Waals surface area contributed by atoms with Crippen LogP contribution in [0.25, 0.3) is 11.0 Å². The van der Waals surface area contributed by atoms with Crippen LogP contribution in [-0.2, 0) is 4.79 Å². The largest absolute Gasteiger partial charge is 0.365 e. The molecule has 2 N–H and O–H groups in total. The number of likely N-dealkylation sites (tertiary alicyclic amines) is 1. The Labute approximate surface area is 176 Å². The number of nitrogens with one attached hydrogen (secondary N) is 2. The molecular formula is C23H30FN5O. The van der Waals surface area contributed by atoms with Gasteiger partial charge in [-0.25, -0.2) is 14.4 Å². The summed E-state index contributed by atoms with van der Waals surface area (Å²) in [6.07, 6.45) is 10.4. The summed E-state index contributed by atoms with van der Waals surface area (Å²) in [5, 5.41) is 4.60. The van der Waals surface area contributed by atoms with Crippen molar-refractivity contribution in [3.63, 3.8) is 0 Å². The van der Waals surface area contributed by atoms with Gasteiger partial charge in [-0.2, -0.15) is 0 Å². The van der Waals surface area contributed by atoms with Crippen molar-refractivity contribution in [1.82, 2.24) is 19.9 Å². The summed E-state index contributed by atoms with van der Waals surface area (Å²) in [5.41, 5.74) is 0.863. The van der Waals surface area contributed by atoms with Gasteiger partial charge in [0.25, 0.3) is 0 Å². The van der Waals surface area contributed by atoms with Crippen LogP contribution < -0.4 is 5.32 Å². The second kappa shape index (κ2) is 6.79. The number of carbonyl (C=O) groups excluding carboxylic acids is 1. The topological polar surface area (TPSA) is 73.9 Å². The van der Waals surface area contributed by atoms with Crippen LogP contribution in [0, 0.1) is 5.41 Å². The molecular weight excluding hydrogens is 381 g/mol. The van der Waals surface area contributed by atoms with Crippen LogP contribution in [-0.4, -0.2) is 50.1 Å². The van der Waals surface area contributed by atoms with Crippen molar-refractivity contribution in [2.75, 3.05) is 11.9 Å². The number of alkyl halides is 1. The number of anilines is 1. The van der Waals surface area contributed by atoms with Crippen molar-refractivity contribution < 1.29 is 9.18 Å². The number of hydrogen-bond donors (Lipinski definition) is 2. The first-order chi connectivity index (χ1) is 14.3. The Balaban J connectivity index is 1.40. The quantitative estimate of drug-likeness (QED) is 0.735. The highest BCUT2D eigenvalue weighted by molar-refractivity contribution is 5.91. The molecule has 30 heavy (non-hydrogen) atoms. The van der Waals surface area contributed by atoms with E-state index in [4.69, 9.17) is 0 Å². The molecule has 0 radical (unpaired) electrons. The molecule has 160 valence electrons. The Kier molecular flexibility index (Phi) is 4.42. The molecule has 3 aliphatic rings. The lowest BCUT2D eigenvalue weighted by Gasteiger charge is -2.38. The third-order valence-corrected chi connectivity index (χ3v) is 7.88. The van der Waals surface area contributed by atoms with Gasteiger partial charge >= 0.3 is 0 Å². The second-order valence-electron chi connectivity index (χ2n) is 9.75. The molecule has 2 aromatic heterocycles. The Hall–Kier alpha value is -2.44. The van der Waals surface area contributed by atoms with E-state index in [1.54, 1.807) is 13.3 Å². The monoisotopic (exact) mass is 411 g/mol. The number of halogens is 1. The lowest BCUT2D eigenvalue weighted by Crippen LogP contribution is -2.49. The van der Waals surface area contributed by atoms with E-state index in [0.29, 0.717) is 18.9 Å². The number of rotatable bonds is 4. The zero-order valence-electron chi connectivity index (χ0n) is 17.7. The van der Waals surface area contributed by atoms with Crippen LogP contribution in [0.1, 0.15) is 63.9 Å². The Morgan fingerprint density at radius 2 is 2.20 bits per heavy atom. The van der Waals surface area contributed by atoms with Gasteiger partial charge in [0, 0.05) is 30.2 Å². The van der Waals surface area contributed by atoms with Gasteiger partial charge in [0.1, 0.15) is 23.5 Å². The van der Waals surface area contributed by atoms with Gasteiger partial charge in [-0.05, 0) is 69.9 Å². The molecule has 5 atom stereocenters. The molecule has 1 amide bonds. The zero-order chi connectivity index (χ0) is 21.1. The predicted octanol–water partition coefficient (Wildman–Crippen LogP) is 4.32. The fourth-order valence-electron chi connectivity index (χ4n) is 5.88. The van der Waals surface area contributed by atoms with E-state index in [9.17, 15) is 9.18 Å². The summed E-state index contributed by atoms with van der Waals surface area (Å²) in [6.45, 7) is 8.09. The van der Waals surface area contributed by atoms with Crippen molar-refractivity contribution >= 4 is 22.8 Å². The fourth-order valence-corrected chi connectivity index (χ4v) is 5.88. The summed E-state index contributed by atoms with van der Waals surface area (Å²) in [4.78, 5) is 26.4. The minimum Gasteiger partial charge on any atom is -0.365 e. The third-order valence-electron chi connectivity index (χ3n) is 7.88. The van der Waals surface area contributed by atoms with Crippen molar-refractivity contribution in [1.29, 1.82) is 0 Å². The molecule has 2 aromatic rings. The lowest BCUT2D eigenvalue weighted by atomic mass is 9.94. The highest BCUT2D eigenvalue weighted by atomic mass is 19.1. The molecule has 0 bridgehead atoms. The lowest BCUT2D eigenvalue weighted by molar-refractivity contribution is -0.129. The Bertz CT molecular complexity index is 1000. The number of aromatic nitrogens is 3. The third kappa shape index (κ3) is 3.01. The molecule has 7 heteroatoms. The first-order valence-electron chi connectivity index (χ1n) is 11.0. The van der Waals surface area contributed by atoms with Gasteiger partial charge < -0.3 is 15.2 Å². The Morgan fingerprint density at radius 1 is 1.40 bits per heavy atom. The average molecular weight is 412 g/mol. The first-order valence-corrected chi connectivity index (χ1v) is 11.0. The maximum absolute atomic E-state index is 14.6. The van der Waals surface area contributed by atoms with E-state index >= 15 is 0 Å². The van der Waals surface area contributed by atoms with Gasteiger partial charge in [0.15, 0.2) is 0 Å². The van der Waals surface area contributed by atoms with Crippen LogP contribution in [0.15, 0.2) is 25.2 Å². The smallest absolute Gasteiger partial charge is 0.246 e. The normalized spacial score (nSPS) is 35.7. The van der Waals surface area contributed by atoms with E-state index in [-0.39, 0.29) is 23.4 Å². The number of hydrogen-bond acceptors (Lipinski definition) is 4. The van der Waals surface area contributed by atoms with Gasteiger partial charge in [-0.15, -0.1) is 0 Å². The van der Waals surface area contributed by atoms with Crippen LogP contribution >= 0.6 is 0 Å². The number of nitrogens with zero attached hydrogens (tertiary/aromatic N) is 3. The predicted molar refractivity (Wildman–Crippen MR) is 115 cm³/mol. The minimum atomic E-state index is -1.01. The van der Waals surface area contributed by atoms with Crippen molar-refractivity contribution in [3.8, 4) is 0 Å². The SMILES string of the molecule is C=CC(=O)N1C[C@H](Nc2ncnc3[nH]cc([C@@H]4CC[C@@]5(C4)CC5(C)F)c23)CC[C@@H]1C. The van der Waals surface area contributed by atoms with E-state index in [1.165, 1.54) is 11.6 Å². The number of carbonyl (C=O) groups is 1. The summed E-state index contributed by atoms with van der Waals surface area (Å²) in [5.74, 6) is 1.11. The van der Waals surface area contributed by atoms with Gasteiger partial charge in [0.2, 0.25) is 5.91 Å². The Morgan fingerprint density at radius 3 is 2.90 bits per heavy atom. The zero-order valence-corrected chi connectivity index (χ0v) is 17.7. The van der Waals surface area contributed by atoms with E-state index < -0.39 is 5.67 Å². The molecule has 1 aliphatic heterocycles. The molecule has 1 unspecified atom stereocenters. The summed E-state index contributed by atoms with van der Waals surface area (Å²) in [6, 6.07) is 0.337. The van der Waals surface area contributed by atoms with Crippen LogP contribution in [0.4, 0.5) is 10.2 Å². The molecule has 6 nitrogen and oxygen atoms in total. The number of fused-ring (bicyclic) bond motifs is 1. The molecule has 1 saturated heterocycles. The van der Waals surface area contributed by atoms with Crippen LogP contribution in [0.2, 0.25) is 0 Å². The minimum absolute atomic E-state index is 0.0286. The first kappa shape index (κ1) is 19.5. The summed E-state index contributed by atoms with van der Waals surface area (Å²) in [7, 11) is 0. The van der Waals surface area contributed by atoms with Crippen molar-refractivity contribution in [2.45, 2.75) is 76.0 Å². The number of amides is 1. The van der Waals surface area contributed by atoms with Crippen LogP contribution in [0.5, 0.6) is 0 Å². The molecule has 2 aliphatic carbocycles. The fraction of sp³-hybridized carbons (Fsp3) is 0.609. The standard InChI is InChI=1S/C23H30FN5O/c1-4-18(30)29-11-16(6-5-14(29)2)28-21-19-17(10-25-20(19)26-13-27-21)15-7-8-23(9-15)12-22(23,3)24/h4,10,13-16H,1,5-9,11-12H2,2-3H3,(H2,25,26,27,28)/t14-,15+,16+,22?,23+/m0/s1. The number of aromatic amines is 1. The van der Waals surface area contributed by atoms with Gasteiger partial charge in [-0.3, -0.25) is 4.79 Å². The van der Waals surface area contributed by atoms with Crippen molar-refractivity contribution in [3.05, 3.63) is 30.7 Å².